The summed E-state index contributed by atoms with van der Waals surface area (Å²) in [6, 6.07) is 99.3. The van der Waals surface area contributed by atoms with E-state index in [4.69, 9.17) is 0 Å². The molecular formula is C69H43N. The maximum Gasteiger partial charge on any atom is 0.0726 e. The lowest BCUT2D eigenvalue weighted by atomic mass is 9.52. The molecule has 0 N–H and O–H groups in total. The monoisotopic (exact) mass is 885 g/mol. The van der Waals surface area contributed by atoms with Gasteiger partial charge in [-0.3, -0.25) is 0 Å². The van der Waals surface area contributed by atoms with Gasteiger partial charge in [0.1, 0.15) is 0 Å². The van der Waals surface area contributed by atoms with Gasteiger partial charge in [0.25, 0.3) is 0 Å². The van der Waals surface area contributed by atoms with E-state index in [1.165, 1.54) is 111 Å². The lowest BCUT2D eigenvalue weighted by Crippen LogP contribution is -2.43. The second kappa shape index (κ2) is 13.7. The summed E-state index contributed by atoms with van der Waals surface area (Å²) < 4.78 is 0. The first-order valence-corrected chi connectivity index (χ1v) is 24.7. The summed E-state index contributed by atoms with van der Waals surface area (Å²) in [5, 5.41) is 0. The van der Waals surface area contributed by atoms with E-state index in [1.807, 2.05) is 0 Å². The van der Waals surface area contributed by atoms with Crippen LogP contribution in [0.3, 0.4) is 0 Å². The Labute approximate surface area is 408 Å². The van der Waals surface area contributed by atoms with E-state index in [1.54, 1.807) is 0 Å². The third-order valence-electron chi connectivity index (χ3n) is 17.0. The van der Waals surface area contributed by atoms with E-state index < -0.39 is 16.2 Å². The summed E-state index contributed by atoms with van der Waals surface area (Å²) in [5.41, 5.74) is 28.2. The molecule has 0 heterocycles. The van der Waals surface area contributed by atoms with Crippen molar-refractivity contribution in [3.63, 3.8) is 0 Å². The molecule has 0 amide bonds. The molecule has 5 aliphatic carbocycles. The highest BCUT2D eigenvalue weighted by atomic mass is 15.1. The van der Waals surface area contributed by atoms with Crippen LogP contribution in [0.25, 0.3) is 44.5 Å². The molecule has 0 aromatic heterocycles. The Balaban J connectivity index is 1.02. The summed E-state index contributed by atoms with van der Waals surface area (Å²) >= 11 is 0. The lowest BCUT2D eigenvalue weighted by Gasteiger charge is -2.49. The van der Waals surface area contributed by atoms with Gasteiger partial charge in [-0.1, -0.05) is 224 Å². The number of hydrogen-bond donors (Lipinski definition) is 0. The summed E-state index contributed by atoms with van der Waals surface area (Å²) in [4.78, 5) is 2.52. The van der Waals surface area contributed by atoms with Crippen LogP contribution in [0.4, 0.5) is 17.1 Å². The van der Waals surface area contributed by atoms with E-state index in [9.17, 15) is 0 Å². The molecule has 324 valence electrons. The predicted octanol–water partition coefficient (Wildman–Crippen LogP) is 16.5. The molecule has 0 bridgehead atoms. The second-order valence-electron chi connectivity index (χ2n) is 19.7. The van der Waals surface area contributed by atoms with Gasteiger partial charge < -0.3 is 4.90 Å². The van der Waals surface area contributed by atoms with E-state index >= 15 is 0 Å². The van der Waals surface area contributed by atoms with Crippen molar-refractivity contribution in [2.75, 3.05) is 4.90 Å². The Morgan fingerprint density at radius 2 is 0.429 bits per heavy atom. The van der Waals surface area contributed by atoms with Crippen molar-refractivity contribution in [1.82, 2.24) is 0 Å². The lowest BCUT2D eigenvalue weighted by molar-refractivity contribution is 0.633. The molecule has 1 nitrogen and oxygen atoms in total. The summed E-state index contributed by atoms with van der Waals surface area (Å²) in [5.74, 6) is 0. The Morgan fingerprint density at radius 3 is 0.814 bits per heavy atom. The summed E-state index contributed by atoms with van der Waals surface area (Å²) in [6.45, 7) is 0. The van der Waals surface area contributed by atoms with Crippen molar-refractivity contribution in [3.05, 3.63) is 328 Å². The van der Waals surface area contributed by atoms with Gasteiger partial charge >= 0.3 is 0 Å². The maximum atomic E-state index is 2.58. The number of hydrogen-bond acceptors (Lipinski definition) is 1. The molecule has 1 heteroatoms. The van der Waals surface area contributed by atoms with Crippen LogP contribution in [-0.4, -0.2) is 0 Å². The third-order valence-corrected chi connectivity index (χ3v) is 17.0. The van der Waals surface area contributed by atoms with Gasteiger partial charge in [-0.25, -0.2) is 0 Å². The largest absolute Gasteiger partial charge is 0.310 e. The fourth-order valence-corrected chi connectivity index (χ4v) is 14.6. The molecule has 3 spiro atoms. The Morgan fingerprint density at radius 1 is 0.171 bits per heavy atom. The van der Waals surface area contributed by atoms with E-state index in [0.29, 0.717) is 0 Å². The fourth-order valence-electron chi connectivity index (χ4n) is 14.6. The highest BCUT2D eigenvalue weighted by Gasteiger charge is 2.59. The zero-order chi connectivity index (χ0) is 45.8. The highest BCUT2D eigenvalue weighted by Crippen LogP contribution is 2.68. The molecule has 0 saturated heterocycles. The molecule has 0 unspecified atom stereocenters. The molecule has 16 rings (SSSR count). The van der Waals surface area contributed by atoms with Crippen LogP contribution in [-0.2, 0) is 16.2 Å². The third kappa shape index (κ3) is 4.42. The minimum Gasteiger partial charge on any atom is -0.310 e. The SMILES string of the molecule is c1ccc(N(c2ccc3c(c2)C2(c4ccccc4-c4ccccc42)c2ccccc2-3)c2ccc3c(c2)C2(c4ccccc4-c4ccccc42)c2ccccc2C32c3ccccc3-c3ccccc32)cc1. The fraction of sp³-hybridized carbons (Fsp3) is 0.0435. The van der Waals surface area contributed by atoms with Gasteiger partial charge in [0.05, 0.1) is 16.2 Å². The van der Waals surface area contributed by atoms with Crippen LogP contribution >= 0.6 is 0 Å². The van der Waals surface area contributed by atoms with Crippen molar-refractivity contribution in [1.29, 1.82) is 0 Å². The molecule has 0 saturated carbocycles. The van der Waals surface area contributed by atoms with E-state index in [0.717, 1.165) is 17.1 Å². The van der Waals surface area contributed by atoms with Gasteiger partial charge in [-0.05, 0) is 148 Å². The molecule has 0 radical (unpaired) electrons. The van der Waals surface area contributed by atoms with Gasteiger partial charge in [-0.2, -0.15) is 0 Å². The van der Waals surface area contributed by atoms with Crippen LogP contribution in [0.2, 0.25) is 0 Å². The average molecular weight is 886 g/mol. The first kappa shape index (κ1) is 38.2. The van der Waals surface area contributed by atoms with Crippen molar-refractivity contribution < 1.29 is 0 Å². The topological polar surface area (TPSA) is 3.24 Å². The van der Waals surface area contributed by atoms with Gasteiger partial charge in [0, 0.05) is 17.1 Å². The van der Waals surface area contributed by atoms with Crippen molar-refractivity contribution >= 4 is 17.1 Å². The van der Waals surface area contributed by atoms with Crippen molar-refractivity contribution in [2.24, 2.45) is 0 Å². The molecule has 11 aromatic rings. The van der Waals surface area contributed by atoms with Gasteiger partial charge in [0.2, 0.25) is 0 Å². The first-order valence-electron chi connectivity index (χ1n) is 24.7. The van der Waals surface area contributed by atoms with Gasteiger partial charge in [0.15, 0.2) is 0 Å². The smallest absolute Gasteiger partial charge is 0.0726 e. The zero-order valence-corrected chi connectivity index (χ0v) is 38.3. The molecule has 0 atom stereocenters. The number of benzene rings is 11. The van der Waals surface area contributed by atoms with Crippen LogP contribution in [0, 0.1) is 0 Å². The highest BCUT2D eigenvalue weighted by molar-refractivity contribution is 5.98. The zero-order valence-electron chi connectivity index (χ0n) is 38.3. The minimum absolute atomic E-state index is 0.464. The standard InChI is InChI=1S/C69H43N/c1-2-20-44(21-3-1)70(45-38-40-54-53-28-10-13-31-57(53)67(65(54)42-45)55-29-11-4-22-47(55)48-23-5-12-30-56(48)67)46-39-41-64-66(43-46)69(60-34-16-8-26-51(60)52-27-9-17-35-61(52)69)63-37-19-18-36-62(63)68(64)58-32-14-6-24-49(58)50-25-7-15-33-59(50)68/h1-43H. The number of fused-ring (bicyclic) bond motifs is 26. The van der Waals surface area contributed by atoms with Crippen LogP contribution in [0.15, 0.2) is 261 Å². The Kier molecular flexibility index (Phi) is 7.47. The van der Waals surface area contributed by atoms with Crippen molar-refractivity contribution in [3.8, 4) is 44.5 Å². The quantitative estimate of drug-likeness (QED) is 0.171. The molecule has 0 aliphatic heterocycles. The van der Waals surface area contributed by atoms with Crippen LogP contribution in [0.1, 0.15) is 66.8 Å². The maximum absolute atomic E-state index is 2.58. The van der Waals surface area contributed by atoms with Crippen molar-refractivity contribution in [2.45, 2.75) is 16.2 Å². The number of anilines is 3. The molecule has 5 aliphatic rings. The van der Waals surface area contributed by atoms with E-state index in [2.05, 4.69) is 266 Å². The van der Waals surface area contributed by atoms with E-state index in [-0.39, 0.29) is 0 Å². The van der Waals surface area contributed by atoms with Crippen LogP contribution in [0.5, 0.6) is 0 Å². The average Bonchev–Trinajstić information content (AvgIpc) is 4.11. The number of para-hydroxylation sites is 1. The Hall–Kier alpha value is -8.78. The molecule has 11 aromatic carbocycles. The number of rotatable bonds is 3. The molecule has 0 fully saturated rings. The van der Waals surface area contributed by atoms with Crippen LogP contribution < -0.4 is 4.90 Å². The molecule has 70 heavy (non-hydrogen) atoms. The summed E-state index contributed by atoms with van der Waals surface area (Å²) in [7, 11) is 0. The predicted molar refractivity (Wildman–Crippen MR) is 286 cm³/mol. The summed E-state index contributed by atoms with van der Waals surface area (Å²) in [6.07, 6.45) is 0. The second-order valence-corrected chi connectivity index (χ2v) is 19.7. The van der Waals surface area contributed by atoms with Gasteiger partial charge in [-0.15, -0.1) is 0 Å². The number of nitrogens with zero attached hydrogens (tertiary/aromatic N) is 1. The molecular weight excluding hydrogens is 843 g/mol. The first-order chi connectivity index (χ1) is 34.7. The normalized spacial score (nSPS) is 15.2. The minimum atomic E-state index is -0.601. The Bertz CT molecular complexity index is 3890.